The SMILES string of the molecule is Cc1ccccc1NC(=O)CCN1C(=S)NC(c2ccccn2)C1c1ccc(-c2ccc(C(=O)O)cc2C)o1. The molecule has 1 aliphatic rings. The molecule has 39 heavy (non-hydrogen) atoms. The van der Waals surface area contributed by atoms with Crippen LogP contribution in [0.2, 0.25) is 0 Å². The van der Waals surface area contributed by atoms with Gasteiger partial charge in [-0.05, 0) is 79.7 Å². The molecule has 0 radical (unpaired) electrons. The number of carboxylic acids is 1. The fourth-order valence-corrected chi connectivity index (χ4v) is 5.16. The van der Waals surface area contributed by atoms with Crippen LogP contribution in [0.5, 0.6) is 0 Å². The molecular formula is C30H28N4O4S. The quantitative estimate of drug-likeness (QED) is 0.246. The van der Waals surface area contributed by atoms with E-state index in [0.717, 1.165) is 28.1 Å². The lowest BCUT2D eigenvalue weighted by molar-refractivity contribution is -0.116. The molecule has 0 spiro atoms. The molecule has 0 saturated carbocycles. The average molecular weight is 541 g/mol. The predicted octanol–water partition coefficient (Wildman–Crippen LogP) is 5.66. The Balaban J connectivity index is 1.42. The van der Waals surface area contributed by atoms with Gasteiger partial charge in [0.2, 0.25) is 5.91 Å². The van der Waals surface area contributed by atoms with Crippen molar-refractivity contribution < 1.29 is 19.1 Å². The predicted molar refractivity (Wildman–Crippen MR) is 152 cm³/mol. The number of nitrogens with one attached hydrogen (secondary N) is 2. The Kier molecular flexibility index (Phi) is 7.42. The molecule has 2 atom stereocenters. The fraction of sp³-hybridized carbons (Fsp3) is 0.200. The highest BCUT2D eigenvalue weighted by Crippen LogP contribution is 2.41. The number of carbonyl (C=O) groups excluding carboxylic acids is 1. The summed E-state index contributed by atoms with van der Waals surface area (Å²) < 4.78 is 6.37. The molecule has 198 valence electrons. The summed E-state index contributed by atoms with van der Waals surface area (Å²) in [4.78, 5) is 30.7. The van der Waals surface area contributed by atoms with Gasteiger partial charge in [0.25, 0.3) is 0 Å². The van der Waals surface area contributed by atoms with Gasteiger partial charge in [-0.15, -0.1) is 0 Å². The number of thiocarbonyl (C=S) groups is 1. The zero-order valence-corrected chi connectivity index (χ0v) is 22.4. The number of hydrogen-bond acceptors (Lipinski definition) is 5. The fourth-order valence-electron chi connectivity index (χ4n) is 4.83. The van der Waals surface area contributed by atoms with Gasteiger partial charge in [-0.3, -0.25) is 9.78 Å². The summed E-state index contributed by atoms with van der Waals surface area (Å²) in [6, 6.07) is 21.5. The molecule has 2 unspecified atom stereocenters. The molecule has 0 bridgehead atoms. The van der Waals surface area contributed by atoms with Crippen LogP contribution in [0.15, 0.2) is 83.4 Å². The van der Waals surface area contributed by atoms with Gasteiger partial charge in [-0.2, -0.15) is 0 Å². The third-order valence-electron chi connectivity index (χ3n) is 6.85. The Morgan fingerprint density at radius 1 is 1.05 bits per heavy atom. The zero-order valence-electron chi connectivity index (χ0n) is 21.5. The summed E-state index contributed by atoms with van der Waals surface area (Å²) in [6.07, 6.45) is 1.96. The number of benzene rings is 2. The van der Waals surface area contributed by atoms with Crippen LogP contribution in [-0.4, -0.2) is 38.5 Å². The summed E-state index contributed by atoms with van der Waals surface area (Å²) >= 11 is 5.71. The normalized spacial score (nSPS) is 16.7. The van der Waals surface area contributed by atoms with E-state index in [0.29, 0.717) is 23.2 Å². The molecule has 5 rings (SSSR count). The first kappa shape index (κ1) is 26.1. The van der Waals surface area contributed by atoms with Crippen molar-refractivity contribution in [2.45, 2.75) is 32.4 Å². The largest absolute Gasteiger partial charge is 0.478 e. The summed E-state index contributed by atoms with van der Waals surface area (Å²) in [7, 11) is 0. The van der Waals surface area contributed by atoms with Gasteiger partial charge in [-0.1, -0.05) is 30.3 Å². The van der Waals surface area contributed by atoms with E-state index in [4.69, 9.17) is 16.6 Å². The Labute approximate surface area is 231 Å². The van der Waals surface area contributed by atoms with Crippen molar-refractivity contribution in [2.75, 3.05) is 11.9 Å². The van der Waals surface area contributed by atoms with Crippen LogP contribution in [0.1, 0.15) is 51.4 Å². The summed E-state index contributed by atoms with van der Waals surface area (Å²) in [5.41, 5.74) is 4.40. The average Bonchev–Trinajstić information content (AvgIpc) is 3.53. The molecule has 1 amide bonds. The van der Waals surface area contributed by atoms with Crippen molar-refractivity contribution in [2.24, 2.45) is 0 Å². The third kappa shape index (κ3) is 5.53. The minimum atomic E-state index is -0.976. The summed E-state index contributed by atoms with van der Waals surface area (Å²) in [6.45, 7) is 4.18. The number of pyridine rings is 1. The lowest BCUT2D eigenvalue weighted by atomic mass is 10.0. The summed E-state index contributed by atoms with van der Waals surface area (Å²) in [5, 5.41) is 16.2. The maximum atomic E-state index is 12.8. The molecule has 1 saturated heterocycles. The second-order valence-electron chi connectivity index (χ2n) is 9.47. The maximum Gasteiger partial charge on any atom is 0.335 e. The number of hydrogen-bond donors (Lipinski definition) is 3. The van der Waals surface area contributed by atoms with E-state index in [9.17, 15) is 14.7 Å². The lowest BCUT2D eigenvalue weighted by Gasteiger charge is -2.26. The number of anilines is 1. The summed E-state index contributed by atoms with van der Waals surface area (Å²) in [5.74, 6) is 0.195. The van der Waals surface area contributed by atoms with E-state index in [2.05, 4.69) is 15.6 Å². The molecule has 1 aliphatic heterocycles. The number of aromatic carboxylic acids is 1. The third-order valence-corrected chi connectivity index (χ3v) is 7.21. The monoisotopic (exact) mass is 540 g/mol. The van der Waals surface area contributed by atoms with Crippen LogP contribution in [0.25, 0.3) is 11.3 Å². The number of rotatable bonds is 8. The first-order valence-corrected chi connectivity index (χ1v) is 13.0. The standard InChI is InChI=1S/C30H28N4O4S/c1-18-7-3-4-8-22(18)32-26(35)14-16-34-28(27(33-30(34)39)23-9-5-6-15-31-23)25-13-12-24(38-25)21-11-10-20(29(36)37)17-19(21)2/h3-13,15,17,27-28H,14,16H2,1-2H3,(H,32,35)(H,33,39)(H,36,37). The number of aryl methyl sites for hydroxylation is 2. The van der Waals surface area contributed by atoms with E-state index in [1.807, 2.05) is 73.3 Å². The Morgan fingerprint density at radius 3 is 2.56 bits per heavy atom. The molecule has 8 nitrogen and oxygen atoms in total. The van der Waals surface area contributed by atoms with Crippen LogP contribution < -0.4 is 10.6 Å². The molecule has 3 N–H and O–H groups in total. The van der Waals surface area contributed by atoms with Crippen molar-refractivity contribution in [3.8, 4) is 11.3 Å². The number of aromatic nitrogens is 1. The topological polar surface area (TPSA) is 108 Å². The number of amides is 1. The first-order valence-electron chi connectivity index (χ1n) is 12.6. The smallest absolute Gasteiger partial charge is 0.335 e. The number of para-hydroxylation sites is 1. The van der Waals surface area contributed by atoms with Gasteiger partial charge in [0, 0.05) is 30.4 Å². The minimum Gasteiger partial charge on any atom is -0.478 e. The maximum absolute atomic E-state index is 12.8. The Hall–Kier alpha value is -4.50. The minimum absolute atomic E-state index is 0.110. The van der Waals surface area contributed by atoms with E-state index >= 15 is 0 Å². The highest BCUT2D eigenvalue weighted by molar-refractivity contribution is 7.80. The molecule has 1 fully saturated rings. The van der Waals surface area contributed by atoms with E-state index < -0.39 is 5.97 Å². The van der Waals surface area contributed by atoms with Crippen LogP contribution >= 0.6 is 12.2 Å². The zero-order chi connectivity index (χ0) is 27.5. The van der Waals surface area contributed by atoms with E-state index in [-0.39, 0.29) is 30.0 Å². The highest BCUT2D eigenvalue weighted by atomic mass is 32.1. The van der Waals surface area contributed by atoms with Crippen LogP contribution in [0, 0.1) is 13.8 Å². The van der Waals surface area contributed by atoms with Gasteiger partial charge in [0.05, 0.1) is 17.3 Å². The second kappa shape index (κ2) is 11.1. The van der Waals surface area contributed by atoms with Gasteiger partial charge in [-0.25, -0.2) is 4.79 Å². The molecule has 2 aromatic heterocycles. The van der Waals surface area contributed by atoms with Gasteiger partial charge in [0.15, 0.2) is 5.11 Å². The van der Waals surface area contributed by atoms with Crippen LogP contribution in [-0.2, 0) is 4.79 Å². The molecule has 4 aromatic rings. The Morgan fingerprint density at radius 2 is 1.85 bits per heavy atom. The molecule has 2 aromatic carbocycles. The van der Waals surface area contributed by atoms with Crippen molar-refractivity contribution in [1.82, 2.24) is 15.2 Å². The molecule has 0 aliphatic carbocycles. The first-order chi connectivity index (χ1) is 18.8. The highest BCUT2D eigenvalue weighted by Gasteiger charge is 2.41. The van der Waals surface area contributed by atoms with Crippen molar-refractivity contribution in [3.63, 3.8) is 0 Å². The molecule has 3 heterocycles. The molecular weight excluding hydrogens is 512 g/mol. The van der Waals surface area contributed by atoms with Gasteiger partial charge < -0.3 is 25.1 Å². The Bertz CT molecular complexity index is 1530. The van der Waals surface area contributed by atoms with E-state index in [1.165, 1.54) is 0 Å². The molecule has 9 heteroatoms. The number of furan rings is 1. The van der Waals surface area contributed by atoms with Gasteiger partial charge in [0.1, 0.15) is 17.6 Å². The number of carbonyl (C=O) groups is 2. The van der Waals surface area contributed by atoms with Gasteiger partial charge >= 0.3 is 5.97 Å². The van der Waals surface area contributed by atoms with Crippen molar-refractivity contribution >= 4 is 34.9 Å². The number of nitrogens with zero attached hydrogens (tertiary/aromatic N) is 2. The lowest BCUT2D eigenvalue weighted by Crippen LogP contribution is -2.32. The number of carboxylic acid groups (broad SMARTS) is 1. The van der Waals surface area contributed by atoms with Crippen molar-refractivity contribution in [1.29, 1.82) is 0 Å². The second-order valence-corrected chi connectivity index (χ2v) is 9.86. The van der Waals surface area contributed by atoms with Crippen LogP contribution in [0.4, 0.5) is 5.69 Å². The van der Waals surface area contributed by atoms with E-state index in [1.54, 1.807) is 24.4 Å². The van der Waals surface area contributed by atoms with Crippen LogP contribution in [0.3, 0.4) is 0 Å². The van der Waals surface area contributed by atoms with Crippen molar-refractivity contribution in [3.05, 3.63) is 107 Å².